The molecule has 2 aromatic rings. The van der Waals surface area contributed by atoms with Crippen molar-refractivity contribution < 1.29 is 9.32 Å². The van der Waals surface area contributed by atoms with Crippen molar-refractivity contribution in [2.24, 2.45) is 7.05 Å². The number of carbonyl (C=O) groups is 1. The van der Waals surface area contributed by atoms with Gasteiger partial charge in [0, 0.05) is 25.4 Å². The lowest BCUT2D eigenvalue weighted by Gasteiger charge is -2.02. The predicted molar refractivity (Wildman–Crippen MR) is 60.9 cm³/mol. The maximum Gasteiger partial charge on any atom is 0.258 e. The van der Waals surface area contributed by atoms with Crippen molar-refractivity contribution >= 4 is 11.7 Å². The molecule has 0 fully saturated rings. The van der Waals surface area contributed by atoms with Crippen molar-refractivity contribution in [3.63, 3.8) is 0 Å². The highest BCUT2D eigenvalue weighted by Crippen LogP contribution is 2.08. The standard InChI is InChI=1S/C11H11N3O3/c1-7-5-9(13-17-7)12-11(16)8-3-4-10(15)14(2)6-8/h3-6H,1-2H3,(H,12,13,16). The van der Waals surface area contributed by atoms with Crippen LogP contribution in [0.4, 0.5) is 5.82 Å². The first-order chi connectivity index (χ1) is 8.06. The van der Waals surface area contributed by atoms with Crippen LogP contribution in [0.15, 0.2) is 33.7 Å². The van der Waals surface area contributed by atoms with Crippen LogP contribution in [0, 0.1) is 6.92 Å². The van der Waals surface area contributed by atoms with E-state index in [1.165, 1.54) is 22.9 Å². The molecule has 0 spiro atoms. The second-order valence-electron chi connectivity index (χ2n) is 3.64. The normalized spacial score (nSPS) is 10.2. The zero-order valence-corrected chi connectivity index (χ0v) is 9.43. The molecule has 6 heteroatoms. The fraction of sp³-hybridized carbons (Fsp3) is 0.182. The summed E-state index contributed by atoms with van der Waals surface area (Å²) in [6, 6.07) is 4.41. The molecule has 0 bridgehead atoms. The number of amides is 1. The van der Waals surface area contributed by atoms with Crippen molar-refractivity contribution in [2.45, 2.75) is 6.92 Å². The topological polar surface area (TPSA) is 77.1 Å². The van der Waals surface area contributed by atoms with Crippen LogP contribution in [0.2, 0.25) is 0 Å². The van der Waals surface area contributed by atoms with Crippen LogP contribution in [-0.2, 0) is 7.05 Å². The van der Waals surface area contributed by atoms with Gasteiger partial charge in [0.2, 0.25) is 5.56 Å². The second kappa shape index (κ2) is 4.25. The molecule has 88 valence electrons. The molecule has 1 N–H and O–H groups in total. The molecule has 0 atom stereocenters. The van der Waals surface area contributed by atoms with E-state index in [-0.39, 0.29) is 11.5 Å². The second-order valence-corrected chi connectivity index (χ2v) is 3.64. The van der Waals surface area contributed by atoms with Gasteiger partial charge in [-0.2, -0.15) is 0 Å². The number of hydrogen-bond acceptors (Lipinski definition) is 4. The van der Waals surface area contributed by atoms with Gasteiger partial charge >= 0.3 is 0 Å². The highest BCUT2D eigenvalue weighted by molar-refractivity contribution is 6.03. The van der Waals surface area contributed by atoms with Gasteiger partial charge in [0.15, 0.2) is 5.82 Å². The van der Waals surface area contributed by atoms with E-state index < -0.39 is 0 Å². The first kappa shape index (κ1) is 11.1. The molecule has 0 aliphatic heterocycles. The van der Waals surface area contributed by atoms with Gasteiger partial charge in [-0.3, -0.25) is 9.59 Å². The Morgan fingerprint density at radius 3 is 2.82 bits per heavy atom. The average molecular weight is 233 g/mol. The monoisotopic (exact) mass is 233 g/mol. The van der Waals surface area contributed by atoms with Crippen molar-refractivity contribution in [3.8, 4) is 0 Å². The molecule has 2 aromatic heterocycles. The summed E-state index contributed by atoms with van der Waals surface area (Å²) in [6.07, 6.45) is 1.46. The summed E-state index contributed by atoms with van der Waals surface area (Å²) in [4.78, 5) is 22.9. The van der Waals surface area contributed by atoms with Crippen LogP contribution in [-0.4, -0.2) is 15.6 Å². The molecule has 0 radical (unpaired) electrons. The maximum atomic E-state index is 11.8. The highest BCUT2D eigenvalue weighted by Gasteiger charge is 2.09. The van der Waals surface area contributed by atoms with Gasteiger partial charge in [0.05, 0.1) is 5.56 Å². The van der Waals surface area contributed by atoms with Crippen molar-refractivity contribution in [1.82, 2.24) is 9.72 Å². The summed E-state index contributed by atoms with van der Waals surface area (Å²) in [5, 5.41) is 6.21. The van der Waals surface area contributed by atoms with Crippen LogP contribution >= 0.6 is 0 Å². The number of aromatic nitrogens is 2. The lowest BCUT2D eigenvalue weighted by atomic mass is 10.2. The summed E-state index contributed by atoms with van der Waals surface area (Å²) < 4.78 is 6.16. The number of nitrogens with zero attached hydrogens (tertiary/aromatic N) is 2. The van der Waals surface area contributed by atoms with Crippen LogP contribution in [0.1, 0.15) is 16.1 Å². The lowest BCUT2D eigenvalue weighted by molar-refractivity contribution is 0.102. The Bertz CT molecular complexity index is 612. The van der Waals surface area contributed by atoms with Crippen LogP contribution in [0.3, 0.4) is 0 Å². The average Bonchev–Trinajstić information content (AvgIpc) is 2.68. The predicted octanol–water partition coefficient (Wildman–Crippen LogP) is 0.934. The quantitative estimate of drug-likeness (QED) is 0.837. The highest BCUT2D eigenvalue weighted by atomic mass is 16.5. The molecule has 6 nitrogen and oxygen atoms in total. The minimum atomic E-state index is -0.339. The number of rotatable bonds is 2. The van der Waals surface area contributed by atoms with Crippen molar-refractivity contribution in [2.75, 3.05) is 5.32 Å². The fourth-order valence-electron chi connectivity index (χ4n) is 1.34. The molecular formula is C11H11N3O3. The molecule has 2 heterocycles. The minimum absolute atomic E-state index is 0.168. The molecule has 0 aliphatic carbocycles. The molecule has 0 aromatic carbocycles. The first-order valence-corrected chi connectivity index (χ1v) is 4.97. The number of pyridine rings is 1. The molecule has 0 aliphatic rings. The van der Waals surface area contributed by atoms with E-state index in [2.05, 4.69) is 10.5 Å². The number of hydrogen-bond donors (Lipinski definition) is 1. The third-order valence-corrected chi connectivity index (χ3v) is 2.22. The third kappa shape index (κ3) is 2.41. The van der Waals surface area contributed by atoms with E-state index in [1.54, 1.807) is 20.0 Å². The summed E-state index contributed by atoms with van der Waals surface area (Å²) in [5.41, 5.74) is 0.214. The van der Waals surface area contributed by atoms with Gasteiger partial charge in [-0.05, 0) is 13.0 Å². The van der Waals surface area contributed by atoms with E-state index in [4.69, 9.17) is 4.52 Å². The largest absolute Gasteiger partial charge is 0.360 e. The fourth-order valence-corrected chi connectivity index (χ4v) is 1.34. The number of nitrogens with one attached hydrogen (secondary N) is 1. The van der Waals surface area contributed by atoms with Gasteiger partial charge in [-0.25, -0.2) is 0 Å². The molecule has 0 saturated carbocycles. The maximum absolute atomic E-state index is 11.8. The van der Waals surface area contributed by atoms with Gasteiger partial charge in [-0.15, -0.1) is 0 Å². The lowest BCUT2D eigenvalue weighted by Crippen LogP contribution is -2.19. The van der Waals surface area contributed by atoms with Crippen LogP contribution < -0.4 is 10.9 Å². The molecular weight excluding hydrogens is 222 g/mol. The Hall–Kier alpha value is -2.37. The molecule has 2 rings (SSSR count). The van der Waals surface area contributed by atoms with Crippen LogP contribution in [0.25, 0.3) is 0 Å². The van der Waals surface area contributed by atoms with Crippen molar-refractivity contribution in [3.05, 3.63) is 46.1 Å². The summed E-state index contributed by atoms with van der Waals surface area (Å²) >= 11 is 0. The minimum Gasteiger partial charge on any atom is -0.360 e. The van der Waals surface area contributed by atoms with E-state index in [0.717, 1.165) is 0 Å². The number of anilines is 1. The number of carbonyl (C=O) groups excluding carboxylic acids is 1. The zero-order chi connectivity index (χ0) is 12.4. The Morgan fingerprint density at radius 1 is 1.47 bits per heavy atom. The molecule has 17 heavy (non-hydrogen) atoms. The van der Waals surface area contributed by atoms with Gasteiger partial charge in [0.1, 0.15) is 5.76 Å². The van der Waals surface area contributed by atoms with Gasteiger partial charge in [0.25, 0.3) is 5.91 Å². The smallest absolute Gasteiger partial charge is 0.258 e. The number of aryl methyl sites for hydroxylation is 2. The third-order valence-electron chi connectivity index (χ3n) is 2.22. The van der Waals surface area contributed by atoms with Gasteiger partial charge < -0.3 is 14.4 Å². The Balaban J connectivity index is 2.20. The van der Waals surface area contributed by atoms with E-state index >= 15 is 0 Å². The summed E-state index contributed by atoms with van der Waals surface area (Å²) in [7, 11) is 1.58. The van der Waals surface area contributed by atoms with Crippen LogP contribution in [0.5, 0.6) is 0 Å². The van der Waals surface area contributed by atoms with E-state index in [9.17, 15) is 9.59 Å². The Kier molecular flexibility index (Phi) is 2.78. The Morgan fingerprint density at radius 2 is 2.24 bits per heavy atom. The summed E-state index contributed by atoms with van der Waals surface area (Å²) in [5.74, 6) is 0.621. The first-order valence-electron chi connectivity index (χ1n) is 4.97. The summed E-state index contributed by atoms with van der Waals surface area (Å²) in [6.45, 7) is 1.73. The molecule has 0 unspecified atom stereocenters. The molecule has 0 saturated heterocycles. The SMILES string of the molecule is Cc1cc(NC(=O)c2ccc(=O)n(C)c2)no1. The van der Waals surface area contributed by atoms with Gasteiger partial charge in [-0.1, -0.05) is 5.16 Å². The Labute approximate surface area is 96.9 Å². The van der Waals surface area contributed by atoms with Crippen molar-refractivity contribution in [1.29, 1.82) is 0 Å². The van der Waals surface area contributed by atoms with E-state index in [1.807, 2.05) is 0 Å². The zero-order valence-electron chi connectivity index (χ0n) is 9.43. The van der Waals surface area contributed by atoms with E-state index in [0.29, 0.717) is 17.1 Å². The molecule has 1 amide bonds.